The van der Waals surface area contributed by atoms with Crippen molar-refractivity contribution < 1.29 is 36.7 Å². The van der Waals surface area contributed by atoms with E-state index in [1.807, 2.05) is 0 Å². The van der Waals surface area contributed by atoms with Crippen LogP contribution >= 0.6 is 0 Å². The summed E-state index contributed by atoms with van der Waals surface area (Å²) >= 11 is 0. The second-order valence-corrected chi connectivity index (χ2v) is 8.80. The average Bonchev–Trinajstić information content (AvgIpc) is 2.71. The molecule has 1 N–H and O–H groups in total. The van der Waals surface area contributed by atoms with Crippen molar-refractivity contribution >= 4 is 33.7 Å². The molecule has 9 nitrogen and oxygen atoms in total. The summed E-state index contributed by atoms with van der Waals surface area (Å²) in [5.74, 6) is -5.33. The molecule has 12 heteroatoms. The molecule has 27 heavy (non-hydrogen) atoms. The Hall–Kier alpha value is -2.76. The van der Waals surface area contributed by atoms with Gasteiger partial charge in [-0.3, -0.25) is 14.6 Å². The minimum atomic E-state index is -4.12. The molecule has 1 aromatic heterocycles. The predicted octanol–water partition coefficient (Wildman–Crippen LogP) is -0.188. The van der Waals surface area contributed by atoms with Crippen LogP contribution in [0.5, 0.6) is 0 Å². The van der Waals surface area contributed by atoms with Gasteiger partial charge in [-0.1, -0.05) is 0 Å². The monoisotopic (exact) mass is 401 g/mol. The van der Waals surface area contributed by atoms with E-state index in [4.69, 9.17) is 0 Å². The largest absolute Gasteiger partial charge is 0.480 e. The molecule has 144 valence electrons. The summed E-state index contributed by atoms with van der Waals surface area (Å²) in [5, 5.41) is 8.12. The topological polar surface area (TPSA) is 134 Å². The smallest absolute Gasteiger partial charge is 0.328 e. The number of β-lactam (4-membered cyclic amide) rings is 1. The number of nitrogens with zero attached hydrogens (tertiary/aromatic N) is 3. The summed E-state index contributed by atoms with van der Waals surface area (Å²) in [5.41, 5.74) is -0.805. The number of halogens is 2. The molecule has 2 fully saturated rings. The molecule has 2 aliphatic heterocycles. The van der Waals surface area contributed by atoms with Crippen LogP contribution in [0.15, 0.2) is 17.1 Å². The highest BCUT2D eigenvalue weighted by atomic mass is 32.2. The van der Waals surface area contributed by atoms with Crippen molar-refractivity contribution in [3.8, 4) is 0 Å². The van der Waals surface area contributed by atoms with Crippen LogP contribution in [-0.2, 0) is 19.4 Å². The Morgan fingerprint density at radius 2 is 2.11 bits per heavy atom. The van der Waals surface area contributed by atoms with Crippen LogP contribution in [-0.4, -0.2) is 70.0 Å². The van der Waals surface area contributed by atoms with Crippen LogP contribution in [0.2, 0.25) is 0 Å². The van der Waals surface area contributed by atoms with Crippen LogP contribution in [0.25, 0.3) is 0 Å². The van der Waals surface area contributed by atoms with Gasteiger partial charge in [0.15, 0.2) is 21.7 Å². The molecule has 0 unspecified atom stereocenters. The van der Waals surface area contributed by atoms with Gasteiger partial charge in [-0.25, -0.2) is 22.6 Å². The Balaban J connectivity index is 1.88. The van der Waals surface area contributed by atoms with Crippen molar-refractivity contribution in [2.45, 2.75) is 29.5 Å². The first-order valence-electron chi connectivity index (χ1n) is 7.64. The number of aliphatic imine (C=N–C) groups is 1. The predicted molar refractivity (Wildman–Crippen MR) is 85.8 cm³/mol. The average molecular weight is 401 g/mol. The Labute approximate surface area is 151 Å². The molecule has 0 bridgehead atoms. The molecule has 0 saturated carbocycles. The summed E-state index contributed by atoms with van der Waals surface area (Å²) < 4.78 is 49.8. The first kappa shape index (κ1) is 19.0. The lowest BCUT2D eigenvalue weighted by molar-refractivity contribution is -0.156. The van der Waals surface area contributed by atoms with Crippen LogP contribution in [0, 0.1) is 11.8 Å². The number of hydrogen-bond donors (Lipinski definition) is 1. The molecule has 3 atom stereocenters. The number of Topliss-reactive ketones (excluding diaryl/α,β-unsaturated/α-hetero) is 1. The zero-order valence-corrected chi connectivity index (χ0v) is 14.6. The molecule has 0 radical (unpaired) electrons. The highest BCUT2D eigenvalue weighted by Gasteiger charge is 2.69. The molecule has 3 heterocycles. The van der Waals surface area contributed by atoms with E-state index in [-0.39, 0.29) is 6.42 Å². The fraction of sp³-hybridized carbons (Fsp3) is 0.400. The summed E-state index contributed by atoms with van der Waals surface area (Å²) in [6.07, 6.45) is 0.439. The number of amides is 1. The number of hydrogen-bond acceptors (Lipinski definition) is 7. The fourth-order valence-electron chi connectivity index (χ4n) is 3.20. The summed E-state index contributed by atoms with van der Waals surface area (Å²) in [7, 11) is -4.12. The van der Waals surface area contributed by atoms with E-state index >= 15 is 0 Å². The minimum absolute atomic E-state index is 0.326. The van der Waals surface area contributed by atoms with Gasteiger partial charge in [-0.05, 0) is 19.1 Å². The number of carbonyl (C=O) groups is 3. The number of sulfone groups is 1. The molecule has 0 aromatic carbocycles. The third-order valence-corrected chi connectivity index (χ3v) is 7.30. The SMILES string of the molecule is C[C@]1(C=NCC(=O)c2nc(F)ccc2F)[C@H](C(=O)O)N2C(=O)C[C@H]2S1(=O)=O. The van der Waals surface area contributed by atoms with E-state index in [0.29, 0.717) is 6.07 Å². The van der Waals surface area contributed by atoms with E-state index in [0.717, 1.165) is 24.1 Å². The molecule has 1 amide bonds. The van der Waals surface area contributed by atoms with E-state index < -0.39 is 67.7 Å². The summed E-state index contributed by atoms with van der Waals surface area (Å²) in [6, 6.07) is -0.268. The maximum atomic E-state index is 13.5. The minimum Gasteiger partial charge on any atom is -0.480 e. The number of aliphatic carboxylic acids is 1. The van der Waals surface area contributed by atoms with Crippen molar-refractivity contribution in [1.82, 2.24) is 9.88 Å². The van der Waals surface area contributed by atoms with Crippen LogP contribution in [0.3, 0.4) is 0 Å². The van der Waals surface area contributed by atoms with Gasteiger partial charge in [0.25, 0.3) is 0 Å². The molecular weight excluding hydrogens is 388 g/mol. The van der Waals surface area contributed by atoms with Gasteiger partial charge in [0.05, 0.1) is 6.42 Å². The lowest BCUT2D eigenvalue weighted by Gasteiger charge is -2.35. The van der Waals surface area contributed by atoms with Gasteiger partial charge in [0.1, 0.15) is 22.4 Å². The second-order valence-electron chi connectivity index (χ2n) is 6.29. The third kappa shape index (κ3) is 2.71. The number of pyridine rings is 1. The first-order valence-corrected chi connectivity index (χ1v) is 9.19. The van der Waals surface area contributed by atoms with Crippen LogP contribution in [0.1, 0.15) is 23.8 Å². The Morgan fingerprint density at radius 1 is 1.44 bits per heavy atom. The number of carbonyl (C=O) groups excluding carboxylic acids is 2. The van der Waals surface area contributed by atoms with Gasteiger partial charge in [-0.15, -0.1) is 0 Å². The van der Waals surface area contributed by atoms with E-state index in [2.05, 4.69) is 9.98 Å². The van der Waals surface area contributed by atoms with Crippen molar-refractivity contribution in [1.29, 1.82) is 0 Å². The summed E-state index contributed by atoms with van der Waals surface area (Å²) in [4.78, 5) is 42.7. The molecule has 2 aliphatic rings. The normalized spacial score (nSPS) is 28.9. The zero-order chi connectivity index (χ0) is 20.1. The first-order chi connectivity index (χ1) is 12.5. The maximum absolute atomic E-state index is 13.5. The number of carboxylic acids is 1. The fourth-order valence-corrected chi connectivity index (χ4v) is 5.44. The van der Waals surface area contributed by atoms with Crippen molar-refractivity contribution in [2.24, 2.45) is 4.99 Å². The number of aromatic nitrogens is 1. The molecule has 3 rings (SSSR count). The van der Waals surface area contributed by atoms with Crippen LogP contribution in [0.4, 0.5) is 8.78 Å². The van der Waals surface area contributed by atoms with Gasteiger partial charge in [0.2, 0.25) is 17.6 Å². The van der Waals surface area contributed by atoms with Crippen molar-refractivity contribution in [2.75, 3.05) is 6.54 Å². The molecule has 0 aliphatic carbocycles. The molecular formula is C15H13F2N3O6S. The lowest BCUT2D eigenvalue weighted by atomic mass is 9.97. The molecule has 2 saturated heterocycles. The number of carboxylic acid groups (broad SMARTS) is 1. The highest BCUT2D eigenvalue weighted by molar-refractivity contribution is 7.94. The van der Waals surface area contributed by atoms with Crippen molar-refractivity contribution in [3.05, 3.63) is 29.6 Å². The van der Waals surface area contributed by atoms with Gasteiger partial charge >= 0.3 is 5.97 Å². The Bertz CT molecular complexity index is 995. The second kappa shape index (κ2) is 6.15. The number of rotatable bonds is 5. The Morgan fingerprint density at radius 3 is 2.70 bits per heavy atom. The quantitative estimate of drug-likeness (QED) is 0.313. The van der Waals surface area contributed by atoms with Gasteiger partial charge < -0.3 is 10.0 Å². The zero-order valence-electron chi connectivity index (χ0n) is 13.8. The Kier molecular flexibility index (Phi) is 4.33. The van der Waals surface area contributed by atoms with Crippen LogP contribution < -0.4 is 0 Å². The standard InChI is InChI=1S/C15H13F2N3O6S/c1-15(6-18-5-8(21)12-7(16)2-3-9(17)19-12)13(14(23)24)20-10(22)4-11(20)27(15,25)26/h2-3,6,11,13H,4-5H2,1H3,(H,23,24)/t11-,13+,15+/m1/s1. The van der Waals surface area contributed by atoms with E-state index in [9.17, 15) is 36.7 Å². The van der Waals surface area contributed by atoms with Gasteiger partial charge in [-0.2, -0.15) is 4.39 Å². The number of fused-ring (bicyclic) bond motifs is 1. The van der Waals surface area contributed by atoms with E-state index in [1.165, 1.54) is 0 Å². The highest BCUT2D eigenvalue weighted by Crippen LogP contribution is 2.45. The number of ketones is 1. The summed E-state index contributed by atoms with van der Waals surface area (Å²) in [6.45, 7) is 0.311. The maximum Gasteiger partial charge on any atom is 0.328 e. The van der Waals surface area contributed by atoms with E-state index in [1.54, 1.807) is 0 Å². The molecule has 1 aromatic rings. The molecule has 0 spiro atoms. The third-order valence-electron chi connectivity index (χ3n) is 4.63. The van der Waals surface area contributed by atoms with Crippen molar-refractivity contribution in [3.63, 3.8) is 0 Å². The van der Waals surface area contributed by atoms with Gasteiger partial charge in [0, 0.05) is 6.21 Å². The lowest BCUT2D eigenvalue weighted by Crippen LogP contribution is -2.57.